The first-order chi connectivity index (χ1) is 15.2. The van der Waals surface area contributed by atoms with Crippen LogP contribution in [0.3, 0.4) is 0 Å². The summed E-state index contributed by atoms with van der Waals surface area (Å²) in [6, 6.07) is 17.6. The van der Waals surface area contributed by atoms with E-state index in [0.29, 0.717) is 0 Å². The van der Waals surface area contributed by atoms with Crippen molar-refractivity contribution >= 4 is 39.3 Å². The molecule has 2 aliphatic rings. The number of anilines is 3. The van der Waals surface area contributed by atoms with Gasteiger partial charge in [0.05, 0.1) is 5.39 Å². The molecule has 0 aliphatic carbocycles. The van der Waals surface area contributed by atoms with E-state index in [2.05, 4.69) is 75.1 Å². The minimum absolute atomic E-state index is 0.874. The molecule has 4 aromatic rings. The summed E-state index contributed by atoms with van der Waals surface area (Å²) in [5, 5.41) is 3.74. The Bertz CT molecular complexity index is 1230. The molecule has 6 heteroatoms. The number of aromatic nitrogens is 3. The molecule has 158 valence electrons. The SMILES string of the molecule is Cc1cc2c(N3CCN(c4ccc5ccccc5c4)CC3)nc(N3CCCC3)nc2[nH]1. The molecular formula is C25H28N6. The molecule has 2 aromatic heterocycles. The molecule has 31 heavy (non-hydrogen) atoms. The van der Waals surface area contributed by atoms with E-state index in [-0.39, 0.29) is 0 Å². The molecule has 6 nitrogen and oxygen atoms in total. The molecule has 1 N–H and O–H groups in total. The van der Waals surface area contributed by atoms with Crippen molar-refractivity contribution in [3.05, 3.63) is 54.2 Å². The van der Waals surface area contributed by atoms with Crippen LogP contribution in [0.2, 0.25) is 0 Å². The van der Waals surface area contributed by atoms with Gasteiger partial charge in [-0.05, 0) is 48.7 Å². The minimum Gasteiger partial charge on any atom is -0.368 e. The number of nitrogens with zero attached hydrogens (tertiary/aromatic N) is 5. The van der Waals surface area contributed by atoms with Crippen LogP contribution in [0.25, 0.3) is 21.8 Å². The third-order valence-electron chi connectivity index (χ3n) is 6.66. The Balaban J connectivity index is 1.27. The number of hydrogen-bond donors (Lipinski definition) is 1. The molecule has 0 saturated carbocycles. The third kappa shape index (κ3) is 3.36. The Kier molecular flexibility index (Phi) is 4.44. The van der Waals surface area contributed by atoms with Crippen molar-refractivity contribution in [2.24, 2.45) is 0 Å². The van der Waals surface area contributed by atoms with Crippen LogP contribution in [0.15, 0.2) is 48.5 Å². The van der Waals surface area contributed by atoms with E-state index >= 15 is 0 Å². The van der Waals surface area contributed by atoms with Crippen molar-refractivity contribution in [3.63, 3.8) is 0 Å². The van der Waals surface area contributed by atoms with Crippen LogP contribution in [-0.2, 0) is 0 Å². The highest BCUT2D eigenvalue weighted by atomic mass is 15.3. The van der Waals surface area contributed by atoms with Gasteiger partial charge in [-0.15, -0.1) is 0 Å². The molecule has 0 unspecified atom stereocenters. The lowest BCUT2D eigenvalue weighted by Crippen LogP contribution is -2.47. The highest BCUT2D eigenvalue weighted by Gasteiger charge is 2.24. The lowest BCUT2D eigenvalue weighted by atomic mass is 10.1. The van der Waals surface area contributed by atoms with Crippen LogP contribution in [0, 0.1) is 6.92 Å². The zero-order valence-corrected chi connectivity index (χ0v) is 18.0. The normalized spacial score (nSPS) is 17.3. The first-order valence-electron chi connectivity index (χ1n) is 11.4. The van der Waals surface area contributed by atoms with Gasteiger partial charge in [0.2, 0.25) is 5.95 Å². The van der Waals surface area contributed by atoms with Crippen molar-refractivity contribution in [2.45, 2.75) is 19.8 Å². The van der Waals surface area contributed by atoms with Crippen molar-refractivity contribution in [3.8, 4) is 0 Å². The lowest BCUT2D eigenvalue weighted by Gasteiger charge is -2.37. The molecular weight excluding hydrogens is 384 g/mol. The van der Waals surface area contributed by atoms with Gasteiger partial charge in [0.15, 0.2) is 0 Å². The molecule has 4 heterocycles. The fourth-order valence-electron chi connectivity index (χ4n) is 4.96. The van der Waals surface area contributed by atoms with Gasteiger partial charge in [-0.2, -0.15) is 9.97 Å². The van der Waals surface area contributed by atoms with Crippen LogP contribution in [0.4, 0.5) is 17.5 Å². The Morgan fingerprint density at radius 2 is 1.48 bits per heavy atom. The molecule has 2 saturated heterocycles. The Morgan fingerprint density at radius 1 is 0.742 bits per heavy atom. The first kappa shape index (κ1) is 18.5. The maximum atomic E-state index is 5.06. The quantitative estimate of drug-likeness (QED) is 0.542. The van der Waals surface area contributed by atoms with E-state index in [1.807, 2.05) is 0 Å². The number of fused-ring (bicyclic) bond motifs is 2. The zero-order valence-electron chi connectivity index (χ0n) is 18.0. The number of nitrogens with one attached hydrogen (secondary N) is 1. The number of benzene rings is 2. The van der Waals surface area contributed by atoms with Crippen molar-refractivity contribution in [1.82, 2.24) is 15.0 Å². The van der Waals surface area contributed by atoms with Crippen LogP contribution in [0.1, 0.15) is 18.5 Å². The summed E-state index contributed by atoms with van der Waals surface area (Å²) >= 11 is 0. The summed E-state index contributed by atoms with van der Waals surface area (Å²) in [6.45, 7) is 8.11. The van der Waals surface area contributed by atoms with Gasteiger partial charge in [-0.1, -0.05) is 30.3 Å². The second-order valence-electron chi connectivity index (χ2n) is 8.76. The van der Waals surface area contributed by atoms with Crippen LogP contribution in [-0.4, -0.2) is 54.2 Å². The summed E-state index contributed by atoms with van der Waals surface area (Å²) < 4.78 is 0. The molecule has 6 rings (SSSR count). The molecule has 0 amide bonds. The average Bonchev–Trinajstić information content (AvgIpc) is 3.47. The number of hydrogen-bond acceptors (Lipinski definition) is 5. The summed E-state index contributed by atoms with van der Waals surface area (Å²) in [5.74, 6) is 1.95. The highest BCUT2D eigenvalue weighted by Crippen LogP contribution is 2.30. The van der Waals surface area contributed by atoms with E-state index in [1.54, 1.807) is 0 Å². The first-order valence-corrected chi connectivity index (χ1v) is 11.4. The third-order valence-corrected chi connectivity index (χ3v) is 6.66. The zero-order chi connectivity index (χ0) is 20.8. The smallest absolute Gasteiger partial charge is 0.229 e. The number of rotatable bonds is 3. The molecule has 0 spiro atoms. The maximum Gasteiger partial charge on any atom is 0.229 e. The second-order valence-corrected chi connectivity index (χ2v) is 8.76. The van der Waals surface area contributed by atoms with E-state index in [4.69, 9.17) is 9.97 Å². The topological polar surface area (TPSA) is 51.3 Å². The molecule has 0 radical (unpaired) electrons. The van der Waals surface area contributed by atoms with Crippen LogP contribution in [0.5, 0.6) is 0 Å². The fraction of sp³-hybridized carbons (Fsp3) is 0.360. The summed E-state index contributed by atoms with van der Waals surface area (Å²) in [5.41, 5.74) is 3.40. The Morgan fingerprint density at radius 3 is 2.29 bits per heavy atom. The second kappa shape index (κ2) is 7.45. The van der Waals surface area contributed by atoms with E-state index in [0.717, 1.165) is 67.8 Å². The van der Waals surface area contributed by atoms with E-state index in [9.17, 15) is 0 Å². The van der Waals surface area contributed by atoms with Crippen molar-refractivity contribution in [1.29, 1.82) is 0 Å². The van der Waals surface area contributed by atoms with Crippen LogP contribution >= 0.6 is 0 Å². The van der Waals surface area contributed by atoms with Gasteiger partial charge in [0, 0.05) is 50.6 Å². The monoisotopic (exact) mass is 412 g/mol. The van der Waals surface area contributed by atoms with Gasteiger partial charge < -0.3 is 19.7 Å². The van der Waals surface area contributed by atoms with E-state index in [1.165, 1.54) is 29.3 Å². The van der Waals surface area contributed by atoms with Gasteiger partial charge >= 0.3 is 0 Å². The van der Waals surface area contributed by atoms with Crippen molar-refractivity contribution in [2.75, 3.05) is 54.0 Å². The fourth-order valence-corrected chi connectivity index (χ4v) is 4.96. The predicted molar refractivity (Wildman–Crippen MR) is 128 cm³/mol. The molecule has 0 atom stereocenters. The van der Waals surface area contributed by atoms with Gasteiger partial charge in [-0.25, -0.2) is 0 Å². The largest absolute Gasteiger partial charge is 0.368 e. The standard InChI is InChI=1S/C25H28N6/c1-18-16-22-23(26-18)27-25(31-10-4-5-11-31)28-24(22)30-14-12-29(13-15-30)21-9-8-19-6-2-3-7-20(19)17-21/h2-3,6-9,16-17H,4-5,10-15H2,1H3,(H,26,27,28). The summed E-state index contributed by atoms with van der Waals surface area (Å²) in [4.78, 5) is 20.6. The highest BCUT2D eigenvalue weighted by molar-refractivity contribution is 5.90. The molecule has 2 aliphatic heterocycles. The van der Waals surface area contributed by atoms with Gasteiger partial charge in [0.25, 0.3) is 0 Å². The Labute approximate surface area is 182 Å². The van der Waals surface area contributed by atoms with Crippen LogP contribution < -0.4 is 14.7 Å². The summed E-state index contributed by atoms with van der Waals surface area (Å²) in [7, 11) is 0. The number of aromatic amines is 1. The average molecular weight is 413 g/mol. The van der Waals surface area contributed by atoms with Crippen molar-refractivity contribution < 1.29 is 0 Å². The summed E-state index contributed by atoms with van der Waals surface area (Å²) in [6.07, 6.45) is 2.45. The maximum absolute atomic E-state index is 5.06. The lowest BCUT2D eigenvalue weighted by molar-refractivity contribution is 0.648. The molecule has 0 bridgehead atoms. The Hall–Kier alpha value is -3.28. The minimum atomic E-state index is 0.874. The molecule has 2 fully saturated rings. The van der Waals surface area contributed by atoms with Gasteiger partial charge in [-0.3, -0.25) is 0 Å². The molecule has 2 aromatic carbocycles. The van der Waals surface area contributed by atoms with E-state index < -0.39 is 0 Å². The predicted octanol–water partition coefficient (Wildman–Crippen LogP) is 4.35. The number of H-pyrrole nitrogens is 1. The number of aryl methyl sites for hydroxylation is 1. The number of piperazine rings is 1. The van der Waals surface area contributed by atoms with Gasteiger partial charge in [0.1, 0.15) is 11.5 Å².